The molecule has 0 aliphatic heterocycles. The van der Waals surface area contributed by atoms with Gasteiger partial charge < -0.3 is 8.83 Å². The summed E-state index contributed by atoms with van der Waals surface area (Å²) in [6.07, 6.45) is 4.81. The molecule has 0 aliphatic carbocycles. The molecule has 0 aliphatic rings. The van der Waals surface area contributed by atoms with E-state index < -0.39 is 0 Å². The van der Waals surface area contributed by atoms with Gasteiger partial charge in [0.25, 0.3) is 0 Å². The largest absolute Gasteiger partial charge is 0.463 e. The van der Waals surface area contributed by atoms with Gasteiger partial charge in [-0.15, -0.1) is 0 Å². The van der Waals surface area contributed by atoms with Gasteiger partial charge in [-0.3, -0.25) is 0 Å². The molecular weight excluding hydrogens is 324 g/mol. The Balaban J connectivity index is 2.01. The summed E-state index contributed by atoms with van der Waals surface area (Å²) in [6, 6.07) is 12.2. The van der Waals surface area contributed by atoms with E-state index in [9.17, 15) is 4.79 Å². The molecule has 2 aromatic carbocycles. The fraction of sp³-hybridized carbons (Fsp3) is 0.261. The number of furan rings is 1. The molecule has 0 radical (unpaired) electrons. The number of hydrogen-bond donors (Lipinski definition) is 0. The van der Waals surface area contributed by atoms with Crippen molar-refractivity contribution >= 4 is 21.9 Å². The molecule has 26 heavy (non-hydrogen) atoms. The Morgan fingerprint density at radius 1 is 0.962 bits per heavy atom. The van der Waals surface area contributed by atoms with Gasteiger partial charge in [0.2, 0.25) is 0 Å². The van der Waals surface area contributed by atoms with Crippen LogP contribution in [0.3, 0.4) is 0 Å². The Morgan fingerprint density at radius 3 is 2.46 bits per heavy atom. The van der Waals surface area contributed by atoms with E-state index in [0.29, 0.717) is 5.58 Å². The zero-order chi connectivity index (χ0) is 18.3. The molecule has 0 spiro atoms. The highest BCUT2D eigenvalue weighted by atomic mass is 16.4. The highest BCUT2D eigenvalue weighted by Crippen LogP contribution is 2.37. The molecule has 2 aromatic heterocycles. The lowest BCUT2D eigenvalue weighted by Crippen LogP contribution is -2.02. The normalized spacial score (nSPS) is 11.5. The molecule has 2 heterocycles. The summed E-state index contributed by atoms with van der Waals surface area (Å²) in [7, 11) is 0. The summed E-state index contributed by atoms with van der Waals surface area (Å²) in [5.41, 5.74) is 6.48. The second-order valence-electron chi connectivity index (χ2n) is 6.96. The van der Waals surface area contributed by atoms with Crippen molar-refractivity contribution in [3.05, 3.63) is 69.8 Å². The van der Waals surface area contributed by atoms with Gasteiger partial charge >= 0.3 is 5.63 Å². The van der Waals surface area contributed by atoms with Gasteiger partial charge in [0.15, 0.2) is 0 Å². The minimum atomic E-state index is -0.295. The van der Waals surface area contributed by atoms with Gasteiger partial charge in [-0.1, -0.05) is 43.2 Å². The molecule has 0 fully saturated rings. The zero-order valence-corrected chi connectivity index (χ0v) is 15.4. The third-order valence-electron chi connectivity index (χ3n) is 5.05. The molecule has 0 saturated heterocycles. The standard InChI is InChI=1S/C23H22O3/c1-4-5-6-17-11-21(24)26-23-15(3)22-19(12-18(17)23)20(13-25-22)16-9-7-14(2)8-10-16/h7-13H,4-6H2,1-3H3. The number of aryl methyl sites for hydroxylation is 3. The topological polar surface area (TPSA) is 43.4 Å². The van der Waals surface area contributed by atoms with E-state index >= 15 is 0 Å². The summed E-state index contributed by atoms with van der Waals surface area (Å²) in [4.78, 5) is 12.0. The van der Waals surface area contributed by atoms with Crippen LogP contribution in [-0.4, -0.2) is 0 Å². The lowest BCUT2D eigenvalue weighted by Gasteiger charge is -2.08. The molecule has 0 bridgehead atoms. The summed E-state index contributed by atoms with van der Waals surface area (Å²) in [5.74, 6) is 0. The molecule has 132 valence electrons. The fourth-order valence-electron chi connectivity index (χ4n) is 3.57. The SMILES string of the molecule is CCCCc1cc(=O)oc2c(C)c3occ(-c4ccc(C)cc4)c3cc12. The minimum Gasteiger partial charge on any atom is -0.463 e. The van der Waals surface area contributed by atoms with Crippen LogP contribution in [0.5, 0.6) is 0 Å². The minimum absolute atomic E-state index is 0.295. The van der Waals surface area contributed by atoms with E-state index in [1.165, 1.54) is 5.56 Å². The van der Waals surface area contributed by atoms with Gasteiger partial charge in [-0.2, -0.15) is 0 Å². The van der Waals surface area contributed by atoms with Crippen molar-refractivity contribution in [3.8, 4) is 11.1 Å². The first kappa shape index (κ1) is 16.6. The van der Waals surface area contributed by atoms with Crippen molar-refractivity contribution in [1.29, 1.82) is 0 Å². The van der Waals surface area contributed by atoms with E-state index in [1.807, 2.05) is 6.92 Å². The average Bonchev–Trinajstić information content (AvgIpc) is 3.05. The molecule has 0 atom stereocenters. The third-order valence-corrected chi connectivity index (χ3v) is 5.05. The Labute approximate surface area is 152 Å². The third kappa shape index (κ3) is 2.74. The smallest absolute Gasteiger partial charge is 0.336 e. The van der Waals surface area contributed by atoms with Crippen molar-refractivity contribution in [2.45, 2.75) is 40.0 Å². The van der Waals surface area contributed by atoms with E-state index in [2.05, 4.69) is 44.2 Å². The van der Waals surface area contributed by atoms with Crippen molar-refractivity contribution in [2.75, 3.05) is 0 Å². The Hall–Kier alpha value is -2.81. The molecule has 0 saturated carbocycles. The van der Waals surface area contributed by atoms with Gasteiger partial charge in [0.05, 0.1) is 6.26 Å². The van der Waals surface area contributed by atoms with Crippen molar-refractivity contribution in [1.82, 2.24) is 0 Å². The quantitative estimate of drug-likeness (QED) is 0.415. The Bertz CT molecular complexity index is 1140. The van der Waals surface area contributed by atoms with Crippen molar-refractivity contribution in [3.63, 3.8) is 0 Å². The second-order valence-corrected chi connectivity index (χ2v) is 6.96. The van der Waals surface area contributed by atoms with Crippen LogP contribution in [-0.2, 0) is 6.42 Å². The molecule has 0 amide bonds. The first-order valence-corrected chi connectivity index (χ1v) is 9.13. The van der Waals surface area contributed by atoms with Crippen LogP contribution in [0.15, 0.2) is 56.3 Å². The second kappa shape index (κ2) is 6.49. The van der Waals surface area contributed by atoms with Crippen LogP contribution in [0.4, 0.5) is 0 Å². The highest BCUT2D eigenvalue weighted by Gasteiger charge is 2.17. The fourth-order valence-corrected chi connectivity index (χ4v) is 3.57. The summed E-state index contributed by atoms with van der Waals surface area (Å²) in [6.45, 7) is 6.19. The Kier molecular flexibility index (Phi) is 4.15. The summed E-state index contributed by atoms with van der Waals surface area (Å²) in [5, 5.41) is 2.07. The van der Waals surface area contributed by atoms with E-state index in [1.54, 1.807) is 12.3 Å². The van der Waals surface area contributed by atoms with Crippen LogP contribution < -0.4 is 5.63 Å². The van der Waals surface area contributed by atoms with E-state index in [-0.39, 0.29) is 5.63 Å². The number of rotatable bonds is 4. The summed E-state index contributed by atoms with van der Waals surface area (Å²) >= 11 is 0. The van der Waals surface area contributed by atoms with Crippen molar-refractivity contribution < 1.29 is 8.83 Å². The molecule has 4 aromatic rings. The van der Waals surface area contributed by atoms with Crippen LogP contribution in [0.1, 0.15) is 36.5 Å². The lowest BCUT2D eigenvalue weighted by atomic mass is 9.97. The predicted octanol–water partition coefficient (Wildman–Crippen LogP) is 6.17. The molecule has 3 heteroatoms. The van der Waals surface area contributed by atoms with Crippen LogP contribution in [0.25, 0.3) is 33.1 Å². The molecule has 4 rings (SSSR count). The molecule has 0 unspecified atom stereocenters. The van der Waals surface area contributed by atoms with Crippen LogP contribution >= 0.6 is 0 Å². The number of fused-ring (bicyclic) bond motifs is 2. The molecule has 0 N–H and O–H groups in total. The maximum absolute atomic E-state index is 12.0. The van der Waals surface area contributed by atoms with Crippen molar-refractivity contribution in [2.24, 2.45) is 0 Å². The first-order valence-electron chi connectivity index (χ1n) is 9.13. The number of unbranched alkanes of at least 4 members (excludes halogenated alkanes) is 1. The summed E-state index contributed by atoms with van der Waals surface area (Å²) < 4.78 is 11.4. The maximum Gasteiger partial charge on any atom is 0.336 e. The van der Waals surface area contributed by atoms with Gasteiger partial charge in [-0.25, -0.2) is 4.79 Å². The number of benzene rings is 2. The van der Waals surface area contributed by atoms with E-state index in [0.717, 1.165) is 57.9 Å². The molecule has 3 nitrogen and oxygen atoms in total. The monoisotopic (exact) mass is 346 g/mol. The van der Waals surface area contributed by atoms with Crippen LogP contribution in [0, 0.1) is 13.8 Å². The van der Waals surface area contributed by atoms with E-state index in [4.69, 9.17) is 8.83 Å². The highest BCUT2D eigenvalue weighted by molar-refractivity contribution is 6.04. The van der Waals surface area contributed by atoms with Gasteiger partial charge in [-0.05, 0) is 43.9 Å². The average molecular weight is 346 g/mol. The Morgan fingerprint density at radius 2 is 1.73 bits per heavy atom. The lowest BCUT2D eigenvalue weighted by molar-refractivity contribution is 0.553. The number of hydrogen-bond acceptors (Lipinski definition) is 3. The zero-order valence-electron chi connectivity index (χ0n) is 15.4. The first-order chi connectivity index (χ1) is 12.6. The maximum atomic E-state index is 12.0. The van der Waals surface area contributed by atoms with Gasteiger partial charge in [0.1, 0.15) is 11.2 Å². The predicted molar refractivity (Wildman–Crippen MR) is 106 cm³/mol. The van der Waals surface area contributed by atoms with Crippen LogP contribution in [0.2, 0.25) is 0 Å². The molecular formula is C23H22O3. The van der Waals surface area contributed by atoms with Gasteiger partial charge in [0, 0.05) is 28.0 Å².